The van der Waals surface area contributed by atoms with E-state index in [1.165, 1.54) is 0 Å². The van der Waals surface area contributed by atoms with Crippen molar-refractivity contribution in [1.82, 2.24) is 10.2 Å². The van der Waals surface area contributed by atoms with Crippen molar-refractivity contribution in [3.8, 4) is 0 Å². The number of hydrogen-bond acceptors (Lipinski definition) is 5. The van der Waals surface area contributed by atoms with Crippen molar-refractivity contribution < 1.29 is 14.3 Å². The molecule has 0 saturated carbocycles. The summed E-state index contributed by atoms with van der Waals surface area (Å²) < 4.78 is 4.94. The van der Waals surface area contributed by atoms with Crippen LogP contribution in [0.2, 0.25) is 0 Å². The van der Waals surface area contributed by atoms with E-state index in [-0.39, 0.29) is 18.0 Å². The highest BCUT2D eigenvalue weighted by Crippen LogP contribution is 2.23. The van der Waals surface area contributed by atoms with Gasteiger partial charge in [-0.05, 0) is 48.3 Å². The Morgan fingerprint density at radius 2 is 2.25 bits per heavy atom. The van der Waals surface area contributed by atoms with Crippen molar-refractivity contribution in [2.45, 2.75) is 19.0 Å². The Labute approximate surface area is 150 Å². The minimum Gasteiger partial charge on any atom is -0.448 e. The Morgan fingerprint density at radius 1 is 1.42 bits per heavy atom. The maximum Gasteiger partial charge on any atom is 0.410 e. The number of anilines is 1. The molecule has 2 heterocycles. The minimum atomic E-state index is -0.299. The molecule has 0 aliphatic carbocycles. The number of benzene rings is 1. The molecule has 24 heavy (non-hydrogen) atoms. The molecule has 2 saturated heterocycles. The van der Waals surface area contributed by atoms with Crippen molar-refractivity contribution in [1.29, 1.82) is 0 Å². The fourth-order valence-corrected chi connectivity index (χ4v) is 3.60. The van der Waals surface area contributed by atoms with Crippen LogP contribution in [-0.2, 0) is 16.1 Å². The number of hydrogen-bond donors (Lipinski definition) is 1. The molecule has 0 radical (unpaired) electrons. The fraction of sp³-hybridized carbons (Fsp3) is 0.438. The molecule has 3 rings (SSSR count). The van der Waals surface area contributed by atoms with E-state index >= 15 is 0 Å². The molecule has 0 aromatic heterocycles. The molecule has 0 unspecified atom stereocenters. The van der Waals surface area contributed by atoms with Crippen LogP contribution in [0.5, 0.6) is 0 Å². The molecule has 2 aliphatic rings. The maximum absolute atomic E-state index is 12.6. The summed E-state index contributed by atoms with van der Waals surface area (Å²) in [5, 5.41) is 3.53. The number of ether oxygens (including phenoxy) is 1. The fourth-order valence-electron chi connectivity index (χ4n) is 2.79. The molecule has 2 aliphatic heterocycles. The minimum absolute atomic E-state index is 0.0215. The third-order valence-electron chi connectivity index (χ3n) is 4.02. The van der Waals surface area contributed by atoms with Gasteiger partial charge in [-0.2, -0.15) is 11.8 Å². The summed E-state index contributed by atoms with van der Waals surface area (Å²) in [4.78, 5) is 27.4. The van der Waals surface area contributed by atoms with Gasteiger partial charge in [0, 0.05) is 6.54 Å². The Morgan fingerprint density at radius 3 is 2.96 bits per heavy atom. The van der Waals surface area contributed by atoms with Crippen LogP contribution >= 0.6 is 24.0 Å². The van der Waals surface area contributed by atoms with Gasteiger partial charge in [-0.3, -0.25) is 9.69 Å². The predicted molar refractivity (Wildman–Crippen MR) is 98.2 cm³/mol. The SMILES string of the molecule is CSCC[C@@H]1NC(=S)N(c2cccc(CN3CCOC3=O)c2)C1=O. The van der Waals surface area contributed by atoms with Gasteiger partial charge in [-0.15, -0.1) is 0 Å². The third-order valence-corrected chi connectivity index (χ3v) is 4.96. The van der Waals surface area contributed by atoms with Crippen LogP contribution < -0.4 is 10.2 Å². The van der Waals surface area contributed by atoms with Gasteiger partial charge in [0.15, 0.2) is 5.11 Å². The first-order chi connectivity index (χ1) is 11.6. The normalized spacial score (nSPS) is 20.5. The number of cyclic esters (lactones) is 1. The molecule has 1 aromatic carbocycles. The molecule has 1 atom stereocenters. The van der Waals surface area contributed by atoms with E-state index in [0.717, 1.165) is 23.4 Å². The summed E-state index contributed by atoms with van der Waals surface area (Å²) in [6.07, 6.45) is 2.46. The highest BCUT2D eigenvalue weighted by molar-refractivity contribution is 7.98. The third kappa shape index (κ3) is 3.49. The van der Waals surface area contributed by atoms with E-state index in [9.17, 15) is 9.59 Å². The van der Waals surface area contributed by atoms with Gasteiger partial charge >= 0.3 is 6.09 Å². The Hall–Kier alpha value is -1.80. The maximum atomic E-state index is 12.6. The molecule has 1 aromatic rings. The lowest BCUT2D eigenvalue weighted by atomic mass is 10.1. The molecular formula is C16H19N3O3S2. The first kappa shape index (κ1) is 17.0. The number of thioether (sulfide) groups is 1. The van der Waals surface area contributed by atoms with Crippen LogP contribution in [0.15, 0.2) is 24.3 Å². The highest BCUT2D eigenvalue weighted by Gasteiger charge is 2.36. The first-order valence-corrected chi connectivity index (χ1v) is 9.54. The zero-order valence-electron chi connectivity index (χ0n) is 13.4. The van der Waals surface area contributed by atoms with Crippen LogP contribution in [-0.4, -0.2) is 53.2 Å². The molecule has 6 nitrogen and oxygen atoms in total. The molecule has 8 heteroatoms. The number of amides is 2. The lowest BCUT2D eigenvalue weighted by molar-refractivity contribution is -0.118. The van der Waals surface area contributed by atoms with Gasteiger partial charge in [0.2, 0.25) is 0 Å². The summed E-state index contributed by atoms with van der Waals surface area (Å²) in [5.41, 5.74) is 1.67. The standard InChI is InChI=1S/C16H19N3O3S2/c1-24-8-5-13-14(20)19(15(23)17-13)12-4-2-3-11(9-12)10-18-6-7-22-16(18)21/h2-4,9,13H,5-8,10H2,1H3,(H,17,23)/t13-/m0/s1. The van der Waals surface area contributed by atoms with E-state index in [1.54, 1.807) is 21.6 Å². The van der Waals surface area contributed by atoms with Crippen LogP contribution in [0.4, 0.5) is 10.5 Å². The average Bonchev–Trinajstić information content (AvgIpc) is 3.09. The quantitative estimate of drug-likeness (QED) is 0.778. The Bertz CT molecular complexity index is 668. The second-order valence-corrected chi connectivity index (χ2v) is 7.04. The van der Waals surface area contributed by atoms with Crippen molar-refractivity contribution in [3.63, 3.8) is 0 Å². The van der Waals surface area contributed by atoms with Gasteiger partial charge < -0.3 is 15.0 Å². The van der Waals surface area contributed by atoms with E-state index in [4.69, 9.17) is 17.0 Å². The molecule has 0 bridgehead atoms. The van der Waals surface area contributed by atoms with E-state index in [1.807, 2.05) is 30.5 Å². The van der Waals surface area contributed by atoms with E-state index in [2.05, 4.69) is 5.32 Å². The zero-order chi connectivity index (χ0) is 17.1. The predicted octanol–water partition coefficient (Wildman–Crippen LogP) is 1.98. The summed E-state index contributed by atoms with van der Waals surface area (Å²) >= 11 is 7.04. The Balaban J connectivity index is 1.74. The molecular weight excluding hydrogens is 346 g/mol. The van der Waals surface area contributed by atoms with Crippen molar-refractivity contribution >= 4 is 46.8 Å². The monoisotopic (exact) mass is 365 g/mol. The van der Waals surface area contributed by atoms with Crippen LogP contribution in [0, 0.1) is 0 Å². The van der Waals surface area contributed by atoms with Crippen molar-refractivity contribution in [3.05, 3.63) is 29.8 Å². The molecule has 1 N–H and O–H groups in total. The van der Waals surface area contributed by atoms with Crippen LogP contribution in [0.25, 0.3) is 0 Å². The van der Waals surface area contributed by atoms with Gasteiger partial charge in [0.05, 0.1) is 12.2 Å². The van der Waals surface area contributed by atoms with Gasteiger partial charge in [0.25, 0.3) is 5.91 Å². The molecule has 2 amide bonds. The number of carbonyl (C=O) groups excluding carboxylic acids is 2. The number of rotatable bonds is 6. The summed E-state index contributed by atoms with van der Waals surface area (Å²) in [7, 11) is 0. The second kappa shape index (κ2) is 7.40. The molecule has 0 spiro atoms. The highest BCUT2D eigenvalue weighted by atomic mass is 32.2. The second-order valence-electron chi connectivity index (χ2n) is 5.66. The van der Waals surface area contributed by atoms with Crippen molar-refractivity contribution in [2.24, 2.45) is 0 Å². The number of thiocarbonyl (C=S) groups is 1. The lowest BCUT2D eigenvalue weighted by Gasteiger charge is -2.18. The average molecular weight is 365 g/mol. The smallest absolute Gasteiger partial charge is 0.410 e. The molecule has 128 valence electrons. The summed E-state index contributed by atoms with van der Waals surface area (Å²) in [6, 6.07) is 7.29. The van der Waals surface area contributed by atoms with Gasteiger partial charge in [-0.25, -0.2) is 4.79 Å². The summed E-state index contributed by atoms with van der Waals surface area (Å²) in [6.45, 7) is 1.47. The number of nitrogens with zero attached hydrogens (tertiary/aromatic N) is 2. The lowest BCUT2D eigenvalue weighted by Crippen LogP contribution is -2.31. The van der Waals surface area contributed by atoms with E-state index < -0.39 is 0 Å². The van der Waals surface area contributed by atoms with Gasteiger partial charge in [0.1, 0.15) is 12.6 Å². The van der Waals surface area contributed by atoms with Crippen molar-refractivity contribution in [2.75, 3.05) is 30.1 Å². The Kier molecular flexibility index (Phi) is 5.25. The van der Waals surface area contributed by atoms with Gasteiger partial charge in [-0.1, -0.05) is 12.1 Å². The first-order valence-electron chi connectivity index (χ1n) is 7.74. The number of nitrogens with one attached hydrogen (secondary N) is 1. The zero-order valence-corrected chi connectivity index (χ0v) is 15.0. The number of carbonyl (C=O) groups is 2. The van der Waals surface area contributed by atoms with Crippen LogP contribution in [0.1, 0.15) is 12.0 Å². The molecule has 2 fully saturated rings. The van der Waals surface area contributed by atoms with Crippen LogP contribution in [0.3, 0.4) is 0 Å². The topological polar surface area (TPSA) is 61.9 Å². The summed E-state index contributed by atoms with van der Waals surface area (Å²) in [5.74, 6) is 0.878. The van der Waals surface area contributed by atoms with E-state index in [0.29, 0.717) is 24.8 Å². The largest absolute Gasteiger partial charge is 0.448 e.